The van der Waals surface area contributed by atoms with Gasteiger partial charge in [-0.2, -0.15) is 0 Å². The SMILES string of the molecule is Cc1nc2cc(C(=O)C[C@@H]3C4CCN(CC4)C34CC4)ccc2o1. The van der Waals surface area contributed by atoms with E-state index in [1.54, 1.807) is 0 Å². The first-order chi connectivity index (χ1) is 11.2. The van der Waals surface area contributed by atoms with E-state index < -0.39 is 0 Å². The fourth-order valence-electron chi connectivity index (χ4n) is 5.13. The Balaban J connectivity index is 1.42. The second kappa shape index (κ2) is 4.67. The summed E-state index contributed by atoms with van der Waals surface area (Å²) in [5.41, 5.74) is 2.73. The van der Waals surface area contributed by atoms with E-state index in [2.05, 4.69) is 9.88 Å². The fraction of sp³-hybridized carbons (Fsp3) is 0.579. The van der Waals surface area contributed by atoms with Gasteiger partial charge in [0.05, 0.1) is 0 Å². The highest BCUT2D eigenvalue weighted by molar-refractivity contribution is 5.98. The van der Waals surface area contributed by atoms with E-state index in [1.165, 1.54) is 38.8 Å². The number of hydrogen-bond acceptors (Lipinski definition) is 4. The lowest BCUT2D eigenvalue weighted by molar-refractivity contribution is -0.0274. The number of carbonyl (C=O) groups is 1. The van der Waals surface area contributed by atoms with Crippen molar-refractivity contribution in [1.82, 2.24) is 9.88 Å². The maximum Gasteiger partial charge on any atom is 0.192 e. The van der Waals surface area contributed by atoms with Crippen molar-refractivity contribution in [1.29, 1.82) is 0 Å². The van der Waals surface area contributed by atoms with Crippen molar-refractivity contribution in [2.45, 2.75) is 44.6 Å². The molecule has 1 spiro atoms. The Morgan fingerprint density at radius 3 is 2.87 bits per heavy atom. The molecule has 0 radical (unpaired) electrons. The Hall–Kier alpha value is -1.68. The lowest BCUT2D eigenvalue weighted by atomic mass is 9.69. The second-order valence-corrected chi connectivity index (χ2v) is 7.58. The molecule has 0 amide bonds. The number of Topliss-reactive ketones (excluding diaryl/α,β-unsaturated/α-hetero) is 1. The topological polar surface area (TPSA) is 46.3 Å². The number of aryl methyl sites for hydroxylation is 1. The van der Waals surface area contributed by atoms with E-state index in [1.807, 2.05) is 25.1 Å². The Labute approximate surface area is 135 Å². The zero-order valence-corrected chi connectivity index (χ0v) is 13.5. The van der Waals surface area contributed by atoms with Crippen LogP contribution in [0.3, 0.4) is 0 Å². The number of rotatable bonds is 3. The van der Waals surface area contributed by atoms with Gasteiger partial charge in [-0.3, -0.25) is 9.69 Å². The third kappa shape index (κ3) is 2.01. The third-order valence-corrected chi connectivity index (χ3v) is 6.41. The first-order valence-corrected chi connectivity index (χ1v) is 8.81. The van der Waals surface area contributed by atoms with Crippen LogP contribution in [-0.4, -0.2) is 34.3 Å². The van der Waals surface area contributed by atoms with E-state index in [-0.39, 0.29) is 5.78 Å². The molecule has 0 unspecified atom stereocenters. The summed E-state index contributed by atoms with van der Waals surface area (Å²) in [6, 6.07) is 5.68. The van der Waals surface area contributed by atoms with Crippen molar-refractivity contribution in [3.05, 3.63) is 29.7 Å². The van der Waals surface area contributed by atoms with Crippen molar-refractivity contribution in [2.75, 3.05) is 13.1 Å². The average Bonchev–Trinajstić information content (AvgIpc) is 3.24. The number of aromatic nitrogens is 1. The van der Waals surface area contributed by atoms with Gasteiger partial charge in [0, 0.05) is 24.4 Å². The van der Waals surface area contributed by atoms with E-state index in [0.717, 1.165) is 22.6 Å². The van der Waals surface area contributed by atoms with Crippen LogP contribution in [0.1, 0.15) is 48.4 Å². The molecule has 4 heterocycles. The molecule has 1 aromatic heterocycles. The van der Waals surface area contributed by atoms with Crippen LogP contribution in [0, 0.1) is 18.8 Å². The third-order valence-electron chi connectivity index (χ3n) is 6.41. The summed E-state index contributed by atoms with van der Waals surface area (Å²) in [7, 11) is 0. The highest BCUT2D eigenvalue weighted by Gasteiger charge is 2.60. The van der Waals surface area contributed by atoms with E-state index in [4.69, 9.17) is 4.42 Å². The molecule has 4 aliphatic rings. The minimum absolute atomic E-state index is 0.276. The lowest BCUT2D eigenvalue weighted by Crippen LogP contribution is -2.57. The van der Waals surface area contributed by atoms with Gasteiger partial charge in [0.2, 0.25) is 0 Å². The van der Waals surface area contributed by atoms with Gasteiger partial charge in [-0.15, -0.1) is 0 Å². The first kappa shape index (κ1) is 13.7. The van der Waals surface area contributed by atoms with E-state index in [9.17, 15) is 4.79 Å². The molecule has 1 saturated carbocycles. The molecule has 1 aromatic carbocycles. The molecule has 3 saturated heterocycles. The van der Waals surface area contributed by atoms with Gasteiger partial charge < -0.3 is 4.42 Å². The molecule has 120 valence electrons. The van der Waals surface area contributed by atoms with Crippen molar-refractivity contribution >= 4 is 16.9 Å². The van der Waals surface area contributed by atoms with Crippen molar-refractivity contribution in [3.8, 4) is 0 Å². The molecule has 6 rings (SSSR count). The highest BCUT2D eigenvalue weighted by Crippen LogP contribution is 2.58. The summed E-state index contributed by atoms with van der Waals surface area (Å²) in [5, 5.41) is 0. The lowest BCUT2D eigenvalue weighted by Gasteiger charge is -2.52. The average molecular weight is 310 g/mol. The maximum atomic E-state index is 12.9. The Morgan fingerprint density at radius 2 is 2.13 bits per heavy atom. The second-order valence-electron chi connectivity index (χ2n) is 7.58. The summed E-state index contributed by atoms with van der Waals surface area (Å²) >= 11 is 0. The van der Waals surface area contributed by atoms with E-state index in [0.29, 0.717) is 23.8 Å². The first-order valence-electron chi connectivity index (χ1n) is 8.81. The number of carbonyl (C=O) groups excluding carboxylic acids is 1. The minimum atomic E-state index is 0.276. The Kier molecular flexibility index (Phi) is 2.79. The summed E-state index contributed by atoms with van der Waals surface area (Å²) < 4.78 is 5.51. The smallest absolute Gasteiger partial charge is 0.192 e. The van der Waals surface area contributed by atoms with Crippen LogP contribution in [0.4, 0.5) is 0 Å². The van der Waals surface area contributed by atoms with Gasteiger partial charge in [-0.1, -0.05) is 0 Å². The number of ketones is 1. The molecule has 4 heteroatoms. The zero-order valence-electron chi connectivity index (χ0n) is 13.5. The standard InChI is InChI=1S/C19H22N2O2/c1-12-20-16-10-14(2-3-18(16)23-12)17(22)11-15-13-4-8-21(9-5-13)19(15)6-7-19/h2-3,10,13,15H,4-9,11H2,1H3/t15-/m1/s1. The predicted octanol–water partition coefficient (Wildman–Crippen LogP) is 3.58. The molecule has 4 fully saturated rings. The normalized spacial score (nSPS) is 30.9. The molecule has 4 nitrogen and oxygen atoms in total. The van der Waals surface area contributed by atoms with Crippen LogP contribution < -0.4 is 0 Å². The summed E-state index contributed by atoms with van der Waals surface area (Å²) in [6.07, 6.45) is 5.85. The Morgan fingerprint density at radius 1 is 1.35 bits per heavy atom. The number of benzene rings is 1. The number of fused-ring (bicyclic) bond motifs is 3. The summed E-state index contributed by atoms with van der Waals surface area (Å²) in [4.78, 5) is 19.9. The van der Waals surface area contributed by atoms with Crippen molar-refractivity contribution < 1.29 is 9.21 Å². The Bertz CT molecular complexity index is 782. The molecule has 1 aliphatic carbocycles. The summed E-state index contributed by atoms with van der Waals surface area (Å²) in [5.74, 6) is 2.24. The van der Waals surface area contributed by atoms with Crippen molar-refractivity contribution in [2.24, 2.45) is 11.8 Å². The molecule has 0 N–H and O–H groups in total. The van der Waals surface area contributed by atoms with Crippen LogP contribution in [0.25, 0.3) is 11.1 Å². The largest absolute Gasteiger partial charge is 0.441 e. The molecule has 3 aliphatic heterocycles. The number of oxazole rings is 1. The fourth-order valence-corrected chi connectivity index (χ4v) is 5.13. The van der Waals surface area contributed by atoms with Crippen LogP contribution in [0.2, 0.25) is 0 Å². The molecular formula is C19H22N2O2. The van der Waals surface area contributed by atoms with Gasteiger partial charge in [-0.25, -0.2) is 4.98 Å². The monoisotopic (exact) mass is 310 g/mol. The number of nitrogens with zero attached hydrogens (tertiary/aromatic N) is 2. The molecule has 2 aromatic rings. The van der Waals surface area contributed by atoms with Crippen LogP contribution in [0.15, 0.2) is 22.6 Å². The van der Waals surface area contributed by atoms with E-state index >= 15 is 0 Å². The van der Waals surface area contributed by atoms with Crippen LogP contribution in [0.5, 0.6) is 0 Å². The maximum absolute atomic E-state index is 12.9. The van der Waals surface area contributed by atoms with Gasteiger partial charge >= 0.3 is 0 Å². The van der Waals surface area contributed by atoms with Gasteiger partial charge in [0.15, 0.2) is 17.3 Å². The van der Waals surface area contributed by atoms with Crippen LogP contribution in [-0.2, 0) is 0 Å². The quantitative estimate of drug-likeness (QED) is 0.813. The number of hydrogen-bond donors (Lipinski definition) is 0. The zero-order chi connectivity index (χ0) is 15.6. The van der Waals surface area contributed by atoms with Crippen LogP contribution >= 0.6 is 0 Å². The molecular weight excluding hydrogens is 288 g/mol. The predicted molar refractivity (Wildman–Crippen MR) is 87.4 cm³/mol. The number of piperidine rings is 3. The highest BCUT2D eigenvalue weighted by atomic mass is 16.3. The van der Waals surface area contributed by atoms with Gasteiger partial charge in [0.25, 0.3) is 0 Å². The van der Waals surface area contributed by atoms with Crippen molar-refractivity contribution in [3.63, 3.8) is 0 Å². The molecule has 1 atom stereocenters. The molecule has 23 heavy (non-hydrogen) atoms. The van der Waals surface area contributed by atoms with Gasteiger partial charge in [-0.05, 0) is 68.8 Å². The van der Waals surface area contributed by atoms with Gasteiger partial charge in [0.1, 0.15) is 5.52 Å². The molecule has 2 bridgehead atoms. The summed E-state index contributed by atoms with van der Waals surface area (Å²) in [6.45, 7) is 4.34. The minimum Gasteiger partial charge on any atom is -0.441 e.